The fraction of sp³-hybridized carbons (Fsp3) is 0.321. The average molecular weight is 600 g/mol. The Balaban J connectivity index is 1.37. The van der Waals surface area contributed by atoms with Crippen molar-refractivity contribution in [1.29, 1.82) is 0 Å². The molecule has 6 rings (SSSR count). The van der Waals surface area contributed by atoms with E-state index >= 15 is 0 Å². The summed E-state index contributed by atoms with van der Waals surface area (Å²) in [5.74, 6) is -1.48. The van der Waals surface area contributed by atoms with Gasteiger partial charge in [0.25, 0.3) is 5.91 Å². The largest absolute Gasteiger partial charge is 0.496 e. The van der Waals surface area contributed by atoms with Crippen LogP contribution in [0.1, 0.15) is 41.7 Å². The lowest BCUT2D eigenvalue weighted by molar-refractivity contribution is -0.145. The van der Waals surface area contributed by atoms with Gasteiger partial charge in [-0.25, -0.2) is 13.9 Å². The van der Waals surface area contributed by atoms with Crippen LogP contribution in [0.25, 0.3) is 22.2 Å². The van der Waals surface area contributed by atoms with Crippen molar-refractivity contribution in [3.63, 3.8) is 0 Å². The van der Waals surface area contributed by atoms with Gasteiger partial charge in [0, 0.05) is 41.2 Å². The first-order valence-corrected chi connectivity index (χ1v) is 13.6. The lowest BCUT2D eigenvalue weighted by Crippen LogP contribution is -2.43. The van der Waals surface area contributed by atoms with E-state index < -0.39 is 35.2 Å². The number of ether oxygens (including phenoxy) is 2. The van der Waals surface area contributed by atoms with Crippen LogP contribution in [0.2, 0.25) is 10.0 Å². The predicted octanol–water partition coefficient (Wildman–Crippen LogP) is 4.68. The Morgan fingerprint density at radius 2 is 1.85 bits per heavy atom. The summed E-state index contributed by atoms with van der Waals surface area (Å²) in [6.45, 7) is 0.0595. The zero-order valence-electron chi connectivity index (χ0n) is 22.0. The number of amides is 1. The van der Waals surface area contributed by atoms with E-state index in [9.17, 15) is 18.8 Å². The Bertz CT molecular complexity index is 1770. The van der Waals surface area contributed by atoms with Gasteiger partial charge in [-0.05, 0) is 43.2 Å². The molecule has 4 aromatic rings. The summed E-state index contributed by atoms with van der Waals surface area (Å²) in [4.78, 5) is 41.5. The average Bonchev–Trinajstić information content (AvgIpc) is 3.51. The van der Waals surface area contributed by atoms with Gasteiger partial charge in [-0.3, -0.25) is 9.59 Å². The highest BCUT2D eigenvalue weighted by molar-refractivity contribution is 6.31. The van der Waals surface area contributed by atoms with Gasteiger partial charge in [-0.15, -0.1) is 5.10 Å². The molecule has 1 saturated carbocycles. The van der Waals surface area contributed by atoms with Gasteiger partial charge < -0.3 is 18.9 Å². The maximum atomic E-state index is 14.4. The van der Waals surface area contributed by atoms with E-state index in [-0.39, 0.29) is 35.0 Å². The highest BCUT2D eigenvalue weighted by Gasteiger charge is 2.43. The fourth-order valence-electron chi connectivity index (χ4n) is 5.35. The van der Waals surface area contributed by atoms with Gasteiger partial charge in [0.05, 0.1) is 37.0 Å². The Kier molecular flexibility index (Phi) is 6.95. The molecule has 1 aliphatic heterocycles. The van der Waals surface area contributed by atoms with Crippen LogP contribution < -0.4 is 10.2 Å². The van der Waals surface area contributed by atoms with Crippen molar-refractivity contribution in [1.82, 2.24) is 24.5 Å². The first-order chi connectivity index (χ1) is 19.7. The number of likely N-dealkylation sites (tertiary alicyclic amines) is 1. The summed E-state index contributed by atoms with van der Waals surface area (Å²) in [6.07, 6.45) is 5.05. The molecule has 212 valence electrons. The van der Waals surface area contributed by atoms with Gasteiger partial charge in [-0.1, -0.05) is 28.4 Å². The van der Waals surface area contributed by atoms with E-state index in [1.807, 2.05) is 0 Å². The number of aromatic nitrogens is 4. The molecule has 1 aliphatic carbocycles. The van der Waals surface area contributed by atoms with Gasteiger partial charge in [-0.2, -0.15) is 0 Å². The maximum absolute atomic E-state index is 14.4. The van der Waals surface area contributed by atoms with Gasteiger partial charge >= 0.3 is 5.97 Å². The summed E-state index contributed by atoms with van der Waals surface area (Å²) < 4.78 is 28.2. The highest BCUT2D eigenvalue weighted by Crippen LogP contribution is 2.38. The molecule has 41 heavy (non-hydrogen) atoms. The van der Waals surface area contributed by atoms with Crippen LogP contribution in [-0.2, 0) is 9.53 Å². The number of hydrogen-bond acceptors (Lipinski definition) is 7. The summed E-state index contributed by atoms with van der Waals surface area (Å²) >= 11 is 12.2. The molecule has 0 unspecified atom stereocenters. The summed E-state index contributed by atoms with van der Waals surface area (Å²) in [7, 11) is 2.77. The number of esters is 1. The van der Waals surface area contributed by atoms with Crippen molar-refractivity contribution < 1.29 is 23.5 Å². The number of methoxy groups -OCH3 is 2. The molecule has 0 spiro atoms. The first kappa shape index (κ1) is 27.2. The smallest absolute Gasteiger partial charge is 0.328 e. The second-order valence-electron chi connectivity index (χ2n) is 10.1. The molecule has 10 nitrogen and oxygen atoms in total. The van der Waals surface area contributed by atoms with E-state index in [4.69, 9.17) is 32.7 Å². The van der Waals surface area contributed by atoms with Crippen molar-refractivity contribution in [2.45, 2.75) is 37.4 Å². The molecule has 3 heterocycles. The molecule has 2 fully saturated rings. The van der Waals surface area contributed by atoms with Crippen LogP contribution in [0.5, 0.6) is 5.75 Å². The van der Waals surface area contributed by atoms with E-state index in [1.54, 1.807) is 33.6 Å². The van der Waals surface area contributed by atoms with Crippen molar-refractivity contribution in [2.75, 3.05) is 20.8 Å². The van der Waals surface area contributed by atoms with E-state index in [0.29, 0.717) is 27.5 Å². The minimum absolute atomic E-state index is 0.0476. The van der Waals surface area contributed by atoms with Crippen LogP contribution in [0.4, 0.5) is 4.39 Å². The van der Waals surface area contributed by atoms with Crippen molar-refractivity contribution in [3.8, 4) is 17.0 Å². The minimum atomic E-state index is -0.975. The van der Waals surface area contributed by atoms with Crippen molar-refractivity contribution >= 4 is 46.0 Å². The number of halogens is 3. The molecule has 1 amide bonds. The Hall–Kier alpha value is -3.96. The topological polar surface area (TPSA) is 109 Å². The van der Waals surface area contributed by atoms with Crippen LogP contribution in [0, 0.1) is 5.82 Å². The third-order valence-corrected chi connectivity index (χ3v) is 8.10. The second kappa shape index (κ2) is 10.5. The normalized spacial score (nSPS) is 18.6. The molecule has 13 heteroatoms. The number of carbonyl (C=O) groups is 2. The summed E-state index contributed by atoms with van der Waals surface area (Å²) in [5, 5.41) is 8.93. The number of hydrogen-bond donors (Lipinski definition) is 0. The Morgan fingerprint density at radius 1 is 1.07 bits per heavy atom. The quantitative estimate of drug-likeness (QED) is 0.296. The second-order valence-corrected chi connectivity index (χ2v) is 11.0. The molecule has 2 aromatic carbocycles. The van der Waals surface area contributed by atoms with E-state index in [0.717, 1.165) is 18.9 Å². The zero-order chi connectivity index (χ0) is 29.0. The zero-order valence-corrected chi connectivity index (χ0v) is 23.5. The maximum Gasteiger partial charge on any atom is 0.328 e. The number of pyridine rings is 1. The van der Waals surface area contributed by atoms with Gasteiger partial charge in [0.15, 0.2) is 0 Å². The fourth-order valence-corrected chi connectivity index (χ4v) is 5.68. The molecular formula is C28H24Cl2FN5O5. The molecule has 0 N–H and O–H groups in total. The third-order valence-electron chi connectivity index (χ3n) is 7.58. The SMILES string of the molecule is COC(=O)[C@@H]1C[C@@H](n2cc(-c3cc(Cl)ccc3OC)nn2)CN1C(=O)c1cn(C2CC2)c2cc(Cl)c(F)cc2c1=O. The molecule has 0 radical (unpaired) electrons. The summed E-state index contributed by atoms with van der Waals surface area (Å²) in [5.41, 5.74) is 0.775. The lowest BCUT2D eigenvalue weighted by Gasteiger charge is -2.23. The van der Waals surface area contributed by atoms with Crippen LogP contribution in [0.3, 0.4) is 0 Å². The number of fused-ring (bicyclic) bond motifs is 1. The van der Waals surface area contributed by atoms with Gasteiger partial charge in [0.1, 0.15) is 28.9 Å². The van der Waals surface area contributed by atoms with Crippen molar-refractivity contribution in [3.05, 3.63) is 74.4 Å². The van der Waals surface area contributed by atoms with Crippen molar-refractivity contribution in [2.24, 2.45) is 0 Å². The lowest BCUT2D eigenvalue weighted by atomic mass is 10.1. The molecule has 1 saturated heterocycles. The number of benzene rings is 2. The van der Waals surface area contributed by atoms with E-state index in [2.05, 4.69) is 10.3 Å². The Morgan fingerprint density at radius 3 is 2.56 bits per heavy atom. The predicted molar refractivity (Wildman–Crippen MR) is 149 cm³/mol. The van der Waals surface area contributed by atoms with E-state index in [1.165, 1.54) is 31.4 Å². The number of rotatable bonds is 6. The number of nitrogens with zero attached hydrogens (tertiary/aromatic N) is 5. The van der Waals surface area contributed by atoms with Crippen LogP contribution in [0.15, 0.2) is 47.5 Å². The highest BCUT2D eigenvalue weighted by atomic mass is 35.5. The molecule has 2 aromatic heterocycles. The first-order valence-electron chi connectivity index (χ1n) is 12.9. The number of carbonyl (C=O) groups excluding carboxylic acids is 2. The third kappa shape index (κ3) is 4.82. The Labute approximate surface area is 243 Å². The standard InChI is InChI=1S/C28H24Cl2FN5O5/c1-40-25-6-3-14(29)7-17(25)22-13-36(33-32-22)16-8-24(28(39)41-2)35(11-16)27(38)19-12-34(15-4-5-15)23-10-20(30)21(31)9-18(23)26(19)37/h3,6-7,9-10,12-13,15-16,24H,4-5,8,11H2,1-2H3/t16-,24+/m1/s1. The molecule has 2 atom stereocenters. The monoisotopic (exact) mass is 599 g/mol. The molecule has 0 bridgehead atoms. The molecule has 2 aliphatic rings. The minimum Gasteiger partial charge on any atom is -0.496 e. The van der Waals surface area contributed by atoms with Crippen LogP contribution in [-0.4, -0.2) is 63.1 Å². The summed E-state index contributed by atoms with van der Waals surface area (Å²) in [6, 6.07) is 6.22. The van der Waals surface area contributed by atoms with Crippen LogP contribution >= 0.6 is 23.2 Å². The molecular weight excluding hydrogens is 576 g/mol. The van der Waals surface area contributed by atoms with Gasteiger partial charge in [0.2, 0.25) is 5.43 Å².